The SMILES string of the molecule is O=C(c1ccc(OCCN2CC[C@@H](CF)C2)cc1)c1c(-c2ccc(O)cc2)sc2cc(O)ccc12.O=C(c1ccc(OCCN2CC[C@@H](CF)C2)cc1)c1c(-c2ccc(O)cc2)sc2ccc(O)cc12.Oc1ccc(-c2sc3cc(O)ccc3c2Oc2ccc(OCCN3CC[C@@H](CF)C3)cc2)cc1.Oc1ccc(N2CCc3cc(O)ccc3[C@H]2c2ccc(OCCN3CC[C@@H](CF)C3)cc2)cc1. The van der Waals surface area contributed by atoms with Gasteiger partial charge in [0.05, 0.1) is 37.6 Å². The van der Waals surface area contributed by atoms with Gasteiger partial charge in [-0.3, -0.25) is 46.8 Å². The van der Waals surface area contributed by atoms with Gasteiger partial charge in [-0.2, -0.15) is 0 Å². The average molecular weight is 1930 g/mol. The number of hydrogen-bond acceptors (Lipinski definition) is 23. The lowest BCUT2D eigenvalue weighted by Crippen LogP contribution is -2.36. The highest BCUT2D eigenvalue weighted by molar-refractivity contribution is 7.23. The topological polar surface area (TPSA) is 258 Å². The average Bonchev–Trinajstić information content (AvgIpc) is 1.23. The highest BCUT2D eigenvalue weighted by Crippen LogP contribution is 2.50. The van der Waals surface area contributed by atoms with E-state index in [0.717, 1.165) is 202 Å². The fourth-order valence-corrected chi connectivity index (χ4v) is 22.0. The zero-order valence-corrected chi connectivity index (χ0v) is 78.5. The molecule has 8 heterocycles. The number of likely N-dealkylation sites (tertiary alicyclic amines) is 4. The molecule has 714 valence electrons. The summed E-state index contributed by atoms with van der Waals surface area (Å²) in [5.41, 5.74) is 9.22. The molecule has 3 aromatic heterocycles. The number of carbonyl (C=O) groups is 2. The Bertz CT molecular complexity index is 6570. The van der Waals surface area contributed by atoms with Crippen LogP contribution < -0.4 is 28.6 Å². The molecule has 138 heavy (non-hydrogen) atoms. The Kier molecular flexibility index (Phi) is 31.6. The van der Waals surface area contributed by atoms with Crippen LogP contribution in [-0.4, -0.2) is 210 Å². The maximum atomic E-state index is 13.6. The molecule has 0 radical (unpaired) electrons. The predicted molar refractivity (Wildman–Crippen MR) is 538 cm³/mol. The zero-order valence-electron chi connectivity index (χ0n) is 76.1. The van der Waals surface area contributed by atoms with E-state index in [1.54, 1.807) is 170 Å². The molecule has 0 aliphatic carbocycles. The van der Waals surface area contributed by atoms with Gasteiger partial charge in [-0.25, -0.2) is 0 Å². The van der Waals surface area contributed by atoms with Gasteiger partial charge in [0.25, 0.3) is 0 Å². The summed E-state index contributed by atoms with van der Waals surface area (Å²) in [6, 6.07) is 78.6. The number of ketones is 2. The van der Waals surface area contributed by atoms with Crippen molar-refractivity contribution in [3.63, 3.8) is 0 Å². The molecule has 4 saturated heterocycles. The van der Waals surface area contributed by atoms with Gasteiger partial charge < -0.3 is 69.4 Å². The maximum absolute atomic E-state index is 13.6. The van der Waals surface area contributed by atoms with Crippen LogP contribution in [0.25, 0.3) is 61.6 Å². The molecular weight excluding hydrogens is 1820 g/mol. The van der Waals surface area contributed by atoms with Gasteiger partial charge in [-0.05, 0) is 340 Å². The lowest BCUT2D eigenvalue weighted by atomic mass is 9.87. The molecular formula is C111H109F4N5O15S3. The van der Waals surface area contributed by atoms with Crippen LogP contribution in [0.5, 0.6) is 80.5 Å². The fraction of sp³-hybridized carbons (Fsp3) is 0.279. The van der Waals surface area contributed by atoms with Gasteiger partial charge in [0.1, 0.15) is 101 Å². The normalized spacial score (nSPS) is 17.2. The van der Waals surface area contributed by atoms with Crippen molar-refractivity contribution >= 4 is 81.5 Å². The molecule has 4 fully saturated rings. The number of phenolic OH excluding ortho intramolecular Hbond substituents is 8. The van der Waals surface area contributed by atoms with E-state index in [9.17, 15) is 68.0 Å². The monoisotopic (exact) mass is 1920 g/mol. The summed E-state index contributed by atoms with van der Waals surface area (Å²) in [4.78, 5) is 41.1. The summed E-state index contributed by atoms with van der Waals surface area (Å²) < 4.78 is 83.7. The van der Waals surface area contributed by atoms with Gasteiger partial charge in [0.15, 0.2) is 17.3 Å². The van der Waals surface area contributed by atoms with Crippen molar-refractivity contribution in [2.75, 3.05) is 143 Å². The number of thiophene rings is 3. The number of aromatic hydroxyl groups is 8. The summed E-state index contributed by atoms with van der Waals surface area (Å²) in [6.45, 7) is 11.9. The van der Waals surface area contributed by atoms with Crippen LogP contribution >= 0.6 is 34.0 Å². The Morgan fingerprint density at radius 1 is 0.326 bits per heavy atom. The van der Waals surface area contributed by atoms with Gasteiger partial charge in [0, 0.05) is 151 Å². The van der Waals surface area contributed by atoms with Crippen LogP contribution in [0.3, 0.4) is 0 Å². The summed E-state index contributed by atoms with van der Waals surface area (Å²) >= 11 is 4.43. The Labute approximate surface area is 810 Å². The van der Waals surface area contributed by atoms with E-state index in [0.29, 0.717) is 77.1 Å². The zero-order chi connectivity index (χ0) is 95.7. The number of carbonyl (C=O) groups excluding carboxylic acids is 2. The third-order valence-electron chi connectivity index (χ3n) is 25.9. The molecule has 0 spiro atoms. The van der Waals surface area contributed by atoms with Crippen molar-refractivity contribution in [3.05, 3.63) is 306 Å². The molecule has 0 unspecified atom stereocenters. The number of rotatable bonds is 31. The molecule has 12 aromatic carbocycles. The Morgan fingerprint density at radius 2 is 0.667 bits per heavy atom. The van der Waals surface area contributed by atoms with Crippen molar-refractivity contribution in [2.45, 2.75) is 38.1 Å². The van der Waals surface area contributed by atoms with Crippen LogP contribution in [0.15, 0.2) is 267 Å². The highest BCUT2D eigenvalue weighted by Gasteiger charge is 2.33. The number of fused-ring (bicyclic) bond motifs is 4. The van der Waals surface area contributed by atoms with E-state index in [1.165, 1.54) is 39.6 Å². The summed E-state index contributed by atoms with van der Waals surface area (Å²) in [5, 5.41) is 81.1. The first-order chi connectivity index (χ1) is 67.2. The van der Waals surface area contributed by atoms with Crippen molar-refractivity contribution in [2.24, 2.45) is 23.7 Å². The van der Waals surface area contributed by atoms with Crippen molar-refractivity contribution in [1.29, 1.82) is 0 Å². The van der Waals surface area contributed by atoms with E-state index in [2.05, 4.69) is 36.6 Å². The fourth-order valence-electron chi connectivity index (χ4n) is 18.4. The summed E-state index contributed by atoms with van der Waals surface area (Å²) in [6.07, 6.45) is 4.49. The first-order valence-electron chi connectivity index (χ1n) is 46.6. The number of benzene rings is 12. The molecule has 5 aliphatic rings. The standard InChI is InChI=1S/C28H31FN2O3.2C28H26FNO4S.C27H26FNO4S/c29-18-20-11-13-30(19-20)15-16-34-26-8-1-21(2-9-26)28-27-10-7-25(33)17-22(27)12-14-31(28)23-3-5-24(32)6-4-23;29-16-18-11-12-30(17-18)13-14-34-23-8-3-19(4-9-23)27(33)26-24-15-22(32)7-10-25(24)35-28(26)20-1-5-21(31)6-2-20;29-16-18-11-12-30(17-18)13-14-34-23-8-3-19(4-9-23)27(33)26-24-10-7-22(32)15-25(24)35-28(26)20-1-5-21(31)6-2-20;28-16-18-11-12-29(17-18)13-14-32-22-6-8-23(9-7-22)33-26-24-10-5-21(31)15-25(24)34-27(26)19-1-3-20(30)4-2-19/h1-10,17,20,28,32-33H,11-16,18-19H2;2*1-10,15,18,31-32H,11-14,16-17H2;1-10,15,18,30-31H,11-14,16-17H2/t20-,28+;3*18-/m0000/s1. The number of ether oxygens (including phenoxy) is 5. The molecule has 20 nitrogen and oxygen atoms in total. The minimum Gasteiger partial charge on any atom is -0.508 e. The lowest BCUT2D eigenvalue weighted by Gasteiger charge is -2.39. The molecule has 0 amide bonds. The van der Waals surface area contributed by atoms with Crippen LogP contribution in [0, 0.1) is 23.7 Å². The minimum absolute atomic E-state index is 0.00910. The molecule has 0 saturated carbocycles. The predicted octanol–water partition coefficient (Wildman–Crippen LogP) is 23.1. The number of halogens is 4. The molecule has 20 rings (SSSR count). The van der Waals surface area contributed by atoms with E-state index in [-0.39, 0.29) is 114 Å². The first-order valence-corrected chi connectivity index (χ1v) is 49.0. The number of phenols is 8. The highest BCUT2D eigenvalue weighted by atomic mass is 32.1. The molecule has 27 heteroatoms. The van der Waals surface area contributed by atoms with Gasteiger partial charge >= 0.3 is 0 Å². The third kappa shape index (κ3) is 23.9. The molecule has 5 aliphatic heterocycles. The van der Waals surface area contributed by atoms with Crippen molar-refractivity contribution < 1.29 is 91.7 Å². The van der Waals surface area contributed by atoms with Gasteiger partial charge in [-0.15, -0.1) is 34.0 Å². The second-order valence-corrected chi connectivity index (χ2v) is 38.6. The second-order valence-electron chi connectivity index (χ2n) is 35.5. The van der Waals surface area contributed by atoms with Crippen LogP contribution in [0.1, 0.15) is 80.3 Å². The molecule has 0 bridgehead atoms. The van der Waals surface area contributed by atoms with E-state index in [4.69, 9.17) is 23.7 Å². The van der Waals surface area contributed by atoms with Crippen molar-refractivity contribution in [1.82, 2.24) is 19.6 Å². The quantitative estimate of drug-likeness (QED) is 0.0148. The lowest BCUT2D eigenvalue weighted by molar-refractivity contribution is 0.103. The van der Waals surface area contributed by atoms with E-state index < -0.39 is 0 Å². The molecule has 5 atom stereocenters. The Morgan fingerprint density at radius 3 is 1.10 bits per heavy atom. The smallest absolute Gasteiger partial charge is 0.195 e. The van der Waals surface area contributed by atoms with E-state index >= 15 is 0 Å². The van der Waals surface area contributed by atoms with Gasteiger partial charge in [0.2, 0.25) is 0 Å². The van der Waals surface area contributed by atoms with Gasteiger partial charge in [-0.1, -0.05) is 18.2 Å². The second kappa shape index (κ2) is 45.3. The minimum atomic E-state index is -0.264. The Hall–Kier alpha value is -13.4. The first kappa shape index (κ1) is 96.3. The third-order valence-corrected chi connectivity index (χ3v) is 29.5. The maximum Gasteiger partial charge on any atom is 0.195 e. The number of hydrogen-bond donors (Lipinski definition) is 8. The Balaban J connectivity index is 0.000000127. The van der Waals surface area contributed by atoms with Crippen LogP contribution in [0.4, 0.5) is 23.2 Å². The number of alkyl halides is 4. The summed E-state index contributed by atoms with van der Waals surface area (Å²) in [7, 11) is 0. The van der Waals surface area contributed by atoms with Crippen molar-refractivity contribution in [3.8, 4) is 112 Å². The molecule has 15 aromatic rings. The number of nitrogens with zero attached hydrogens (tertiary/aromatic N) is 5. The van der Waals surface area contributed by atoms with Crippen LogP contribution in [-0.2, 0) is 6.42 Å². The summed E-state index contributed by atoms with van der Waals surface area (Å²) in [5.74, 6) is 6.16. The number of anilines is 1. The van der Waals surface area contributed by atoms with E-state index in [1.807, 2.05) is 84.9 Å². The molecule has 8 N–H and O–H groups in total. The largest absolute Gasteiger partial charge is 0.508 e. The van der Waals surface area contributed by atoms with Crippen LogP contribution in [0.2, 0.25) is 0 Å².